The van der Waals surface area contributed by atoms with Crippen molar-refractivity contribution in [3.63, 3.8) is 0 Å². The van der Waals surface area contributed by atoms with Crippen LogP contribution in [0.2, 0.25) is 0 Å². The highest BCUT2D eigenvalue weighted by Crippen LogP contribution is 2.27. The monoisotopic (exact) mass is 414 g/mol. The smallest absolute Gasteiger partial charge is 0.275 e. The van der Waals surface area contributed by atoms with Gasteiger partial charge in [-0.05, 0) is 36.2 Å². The topological polar surface area (TPSA) is 64.5 Å². The van der Waals surface area contributed by atoms with E-state index in [0.717, 1.165) is 43.9 Å². The predicted octanol–water partition coefficient (Wildman–Crippen LogP) is 0.776. The van der Waals surface area contributed by atoms with Crippen LogP contribution in [0.4, 0.5) is 5.69 Å². The number of ether oxygens (including phenoxy) is 3. The molecule has 2 aromatic carbocycles. The number of rotatable bonds is 9. The maximum atomic E-state index is 12.4. The molecule has 0 aliphatic carbocycles. The Kier molecular flexibility index (Phi) is 7.79. The SMILES string of the molecule is COc1cccc(N2CC[NH+](CC(=O)NCCc3ccc(OC)c(OC)c3)CC2)c1. The van der Waals surface area contributed by atoms with Gasteiger partial charge in [0.2, 0.25) is 0 Å². The lowest BCUT2D eigenvalue weighted by atomic mass is 10.1. The van der Waals surface area contributed by atoms with Gasteiger partial charge >= 0.3 is 0 Å². The highest BCUT2D eigenvalue weighted by molar-refractivity contribution is 5.76. The number of quaternary nitrogens is 1. The minimum Gasteiger partial charge on any atom is -0.497 e. The van der Waals surface area contributed by atoms with Crippen molar-refractivity contribution in [2.24, 2.45) is 0 Å². The van der Waals surface area contributed by atoms with E-state index < -0.39 is 0 Å². The highest BCUT2D eigenvalue weighted by Gasteiger charge is 2.22. The largest absolute Gasteiger partial charge is 0.497 e. The van der Waals surface area contributed by atoms with Gasteiger partial charge in [0.1, 0.15) is 5.75 Å². The molecule has 1 aliphatic heterocycles. The summed E-state index contributed by atoms with van der Waals surface area (Å²) in [6.45, 7) is 4.87. The molecule has 1 amide bonds. The van der Waals surface area contributed by atoms with E-state index in [1.165, 1.54) is 10.6 Å². The van der Waals surface area contributed by atoms with Crippen LogP contribution in [0.3, 0.4) is 0 Å². The molecule has 0 atom stereocenters. The zero-order valence-corrected chi connectivity index (χ0v) is 18.1. The van der Waals surface area contributed by atoms with Crippen molar-refractivity contribution in [3.05, 3.63) is 48.0 Å². The summed E-state index contributed by atoms with van der Waals surface area (Å²) in [4.78, 5) is 16.0. The number of hydrogen-bond donors (Lipinski definition) is 2. The molecule has 1 heterocycles. The number of carbonyl (C=O) groups is 1. The number of carbonyl (C=O) groups excluding carboxylic acids is 1. The molecule has 0 unspecified atom stereocenters. The van der Waals surface area contributed by atoms with Crippen molar-refractivity contribution in [1.82, 2.24) is 5.32 Å². The fraction of sp³-hybridized carbons (Fsp3) is 0.435. The van der Waals surface area contributed by atoms with Crippen LogP contribution < -0.4 is 29.3 Å². The third-order valence-corrected chi connectivity index (χ3v) is 5.48. The van der Waals surface area contributed by atoms with Crippen molar-refractivity contribution in [2.45, 2.75) is 6.42 Å². The predicted molar refractivity (Wildman–Crippen MR) is 117 cm³/mol. The van der Waals surface area contributed by atoms with Gasteiger partial charge in [0, 0.05) is 18.3 Å². The zero-order valence-electron chi connectivity index (χ0n) is 18.1. The van der Waals surface area contributed by atoms with Gasteiger partial charge in [-0.15, -0.1) is 0 Å². The molecule has 1 fully saturated rings. The third kappa shape index (κ3) is 5.79. The lowest BCUT2D eigenvalue weighted by Gasteiger charge is -2.33. The van der Waals surface area contributed by atoms with E-state index in [4.69, 9.17) is 14.2 Å². The lowest BCUT2D eigenvalue weighted by Crippen LogP contribution is -3.16. The standard InChI is InChI=1S/C23H31N3O4/c1-28-20-6-4-5-19(16-20)26-13-11-25(12-14-26)17-23(27)24-10-9-18-7-8-21(29-2)22(15-18)30-3/h4-8,15-16H,9-14,17H2,1-3H3,(H,24,27)/p+1. The molecule has 7 nitrogen and oxygen atoms in total. The summed E-state index contributed by atoms with van der Waals surface area (Å²) < 4.78 is 15.9. The summed E-state index contributed by atoms with van der Waals surface area (Å²) in [7, 11) is 4.93. The average Bonchev–Trinajstić information content (AvgIpc) is 2.79. The summed E-state index contributed by atoms with van der Waals surface area (Å²) in [5, 5.41) is 3.04. The van der Waals surface area contributed by atoms with Gasteiger partial charge < -0.3 is 29.3 Å². The van der Waals surface area contributed by atoms with Crippen molar-refractivity contribution < 1.29 is 23.9 Å². The number of nitrogens with zero attached hydrogens (tertiary/aromatic N) is 1. The van der Waals surface area contributed by atoms with Gasteiger partial charge in [-0.25, -0.2) is 0 Å². The van der Waals surface area contributed by atoms with E-state index in [0.29, 0.717) is 24.6 Å². The van der Waals surface area contributed by atoms with Gasteiger partial charge in [-0.3, -0.25) is 4.79 Å². The maximum Gasteiger partial charge on any atom is 0.275 e. The van der Waals surface area contributed by atoms with Crippen LogP contribution in [0.5, 0.6) is 17.2 Å². The summed E-state index contributed by atoms with van der Waals surface area (Å²) >= 11 is 0. The molecule has 7 heteroatoms. The molecule has 2 aromatic rings. The minimum atomic E-state index is 0.0975. The molecule has 0 radical (unpaired) electrons. The van der Waals surface area contributed by atoms with Gasteiger partial charge in [0.25, 0.3) is 5.91 Å². The second kappa shape index (κ2) is 10.7. The highest BCUT2D eigenvalue weighted by atomic mass is 16.5. The van der Waals surface area contributed by atoms with Crippen LogP contribution in [0.25, 0.3) is 0 Å². The van der Waals surface area contributed by atoms with Crippen LogP contribution in [0.15, 0.2) is 42.5 Å². The van der Waals surface area contributed by atoms with Crippen LogP contribution in [-0.2, 0) is 11.2 Å². The first-order valence-corrected chi connectivity index (χ1v) is 10.3. The number of nitrogens with one attached hydrogen (secondary N) is 2. The second-order valence-corrected chi connectivity index (χ2v) is 7.40. The maximum absolute atomic E-state index is 12.4. The number of amides is 1. The molecule has 0 spiro atoms. The van der Waals surface area contributed by atoms with Gasteiger partial charge in [-0.2, -0.15) is 0 Å². The second-order valence-electron chi connectivity index (χ2n) is 7.40. The summed E-state index contributed by atoms with van der Waals surface area (Å²) in [5.74, 6) is 2.39. The molecule has 162 valence electrons. The normalized spacial score (nSPS) is 14.3. The summed E-state index contributed by atoms with van der Waals surface area (Å²) in [6.07, 6.45) is 0.755. The van der Waals surface area contributed by atoms with Gasteiger partial charge in [0.15, 0.2) is 18.0 Å². The Bertz CT molecular complexity index is 835. The zero-order chi connectivity index (χ0) is 21.3. The van der Waals surface area contributed by atoms with Crippen molar-refractivity contribution >= 4 is 11.6 Å². The van der Waals surface area contributed by atoms with Gasteiger partial charge in [0.05, 0.1) is 47.5 Å². The first-order chi connectivity index (χ1) is 14.6. The Labute approximate surface area is 178 Å². The minimum absolute atomic E-state index is 0.0975. The number of hydrogen-bond acceptors (Lipinski definition) is 5. The number of methoxy groups -OCH3 is 3. The van der Waals surface area contributed by atoms with Crippen molar-refractivity contribution in [1.29, 1.82) is 0 Å². The van der Waals surface area contributed by atoms with Gasteiger partial charge in [-0.1, -0.05) is 12.1 Å². The Morgan fingerprint density at radius 3 is 2.47 bits per heavy atom. The molecule has 30 heavy (non-hydrogen) atoms. The number of benzene rings is 2. The Morgan fingerprint density at radius 2 is 1.77 bits per heavy atom. The van der Waals surface area contributed by atoms with Crippen LogP contribution in [-0.4, -0.2) is 66.5 Å². The molecular weight excluding hydrogens is 382 g/mol. The summed E-state index contributed by atoms with van der Waals surface area (Å²) in [5.41, 5.74) is 2.28. The van der Waals surface area contributed by atoms with E-state index in [2.05, 4.69) is 22.3 Å². The Morgan fingerprint density at radius 1 is 1.00 bits per heavy atom. The van der Waals surface area contributed by atoms with E-state index in [-0.39, 0.29) is 5.91 Å². The van der Waals surface area contributed by atoms with E-state index in [1.54, 1.807) is 21.3 Å². The quantitative estimate of drug-likeness (QED) is 0.635. The first kappa shape index (κ1) is 21.8. The molecule has 1 aliphatic rings. The van der Waals surface area contributed by atoms with Crippen molar-refractivity contribution in [3.8, 4) is 17.2 Å². The molecular formula is C23H32N3O4+. The Balaban J connectivity index is 1.40. The van der Waals surface area contributed by atoms with Crippen molar-refractivity contribution in [2.75, 3.05) is 65.5 Å². The third-order valence-electron chi connectivity index (χ3n) is 5.48. The molecule has 0 saturated carbocycles. The first-order valence-electron chi connectivity index (χ1n) is 10.3. The van der Waals surface area contributed by atoms with Crippen LogP contribution >= 0.6 is 0 Å². The molecule has 0 bridgehead atoms. The van der Waals surface area contributed by atoms with Crippen LogP contribution in [0, 0.1) is 0 Å². The van der Waals surface area contributed by atoms with E-state index in [1.807, 2.05) is 30.3 Å². The lowest BCUT2D eigenvalue weighted by molar-refractivity contribution is -0.892. The fourth-order valence-corrected chi connectivity index (χ4v) is 3.74. The average molecular weight is 415 g/mol. The molecule has 3 rings (SSSR count). The summed E-state index contributed by atoms with van der Waals surface area (Å²) in [6, 6.07) is 14.0. The van der Waals surface area contributed by atoms with E-state index in [9.17, 15) is 4.79 Å². The van der Waals surface area contributed by atoms with Crippen LogP contribution in [0.1, 0.15) is 5.56 Å². The molecule has 0 aromatic heterocycles. The molecule has 2 N–H and O–H groups in total. The Hall–Kier alpha value is -2.93. The number of anilines is 1. The van der Waals surface area contributed by atoms with E-state index >= 15 is 0 Å². The number of piperazine rings is 1. The fourth-order valence-electron chi connectivity index (χ4n) is 3.74. The molecule has 1 saturated heterocycles.